The third kappa shape index (κ3) is 6.89. The molecule has 1 amide bonds. The number of rotatable bonds is 10. The second kappa shape index (κ2) is 11.0. The Balaban J connectivity index is 1.82. The highest BCUT2D eigenvalue weighted by atomic mass is 35.5. The van der Waals surface area contributed by atoms with E-state index in [-0.39, 0.29) is 5.91 Å². The summed E-state index contributed by atoms with van der Waals surface area (Å²) in [4.78, 5) is 16.5. The number of anilines is 1. The number of hydrogen-bond donors (Lipinski definition) is 0. The molecule has 0 unspecified atom stereocenters. The van der Waals surface area contributed by atoms with Crippen LogP contribution >= 0.6 is 11.6 Å². The molecule has 0 aliphatic rings. The van der Waals surface area contributed by atoms with Gasteiger partial charge in [-0.25, -0.2) is 0 Å². The van der Waals surface area contributed by atoms with Gasteiger partial charge >= 0.3 is 0 Å². The molecule has 146 valence electrons. The highest BCUT2D eigenvalue weighted by molar-refractivity contribution is 6.30. The van der Waals surface area contributed by atoms with Gasteiger partial charge < -0.3 is 14.5 Å². The molecule has 2 aromatic rings. The molecule has 0 N–H and O–H groups in total. The number of ether oxygens (including phenoxy) is 1. The minimum absolute atomic E-state index is 0.0835. The molecule has 2 aromatic carbocycles. The fraction of sp³-hybridized carbons (Fsp3) is 0.409. The fourth-order valence-corrected chi connectivity index (χ4v) is 2.94. The molecule has 27 heavy (non-hydrogen) atoms. The number of benzene rings is 2. The van der Waals surface area contributed by atoms with Gasteiger partial charge in [0.1, 0.15) is 12.4 Å². The number of hydrogen-bond acceptors (Lipinski definition) is 3. The van der Waals surface area contributed by atoms with Crippen molar-refractivity contribution in [1.82, 2.24) is 4.90 Å². The van der Waals surface area contributed by atoms with E-state index in [1.165, 1.54) is 0 Å². The summed E-state index contributed by atoms with van der Waals surface area (Å²) in [6.07, 6.45) is 1.16. The molecule has 0 atom stereocenters. The molecule has 0 aliphatic heterocycles. The van der Waals surface area contributed by atoms with Gasteiger partial charge in [-0.15, -0.1) is 0 Å². The molecule has 0 saturated carbocycles. The molecule has 5 heteroatoms. The van der Waals surface area contributed by atoms with Crippen LogP contribution in [0.3, 0.4) is 0 Å². The number of carbonyl (C=O) groups is 1. The lowest BCUT2D eigenvalue weighted by atomic mass is 10.1. The first kappa shape index (κ1) is 21.3. The van der Waals surface area contributed by atoms with Crippen molar-refractivity contribution in [2.24, 2.45) is 0 Å². The zero-order chi connectivity index (χ0) is 19.6. The number of halogens is 1. The van der Waals surface area contributed by atoms with E-state index in [2.05, 4.69) is 18.7 Å². The highest BCUT2D eigenvalue weighted by Crippen LogP contribution is 2.20. The molecule has 2 rings (SSSR count). The van der Waals surface area contributed by atoms with Crippen LogP contribution in [-0.2, 0) is 11.2 Å². The smallest absolute Gasteiger partial charge is 0.227 e. The third-order valence-corrected chi connectivity index (χ3v) is 4.96. The Morgan fingerprint density at radius 2 is 1.63 bits per heavy atom. The van der Waals surface area contributed by atoms with Crippen molar-refractivity contribution in [3.63, 3.8) is 0 Å². The first-order chi connectivity index (χ1) is 13.0. The van der Waals surface area contributed by atoms with Gasteiger partial charge in [-0.05, 0) is 61.5 Å². The van der Waals surface area contributed by atoms with E-state index in [4.69, 9.17) is 16.3 Å². The number of aryl methyl sites for hydroxylation is 1. The summed E-state index contributed by atoms with van der Waals surface area (Å²) >= 11 is 5.89. The maximum Gasteiger partial charge on any atom is 0.227 e. The summed E-state index contributed by atoms with van der Waals surface area (Å²) in [6.45, 7) is 7.94. The predicted molar refractivity (Wildman–Crippen MR) is 113 cm³/mol. The Hall–Kier alpha value is -2.04. The maximum absolute atomic E-state index is 12.4. The van der Waals surface area contributed by atoms with Gasteiger partial charge in [0.05, 0.1) is 0 Å². The molecule has 0 spiro atoms. The van der Waals surface area contributed by atoms with Crippen LogP contribution < -0.4 is 9.64 Å². The zero-order valence-corrected chi connectivity index (χ0v) is 17.2. The maximum atomic E-state index is 12.4. The minimum atomic E-state index is 0.0835. The van der Waals surface area contributed by atoms with Crippen molar-refractivity contribution in [1.29, 1.82) is 0 Å². The predicted octanol–water partition coefficient (Wildman–Crippen LogP) is 4.66. The average molecular weight is 389 g/mol. The second-order valence-electron chi connectivity index (χ2n) is 6.45. The minimum Gasteiger partial charge on any atom is -0.492 e. The number of likely N-dealkylation sites (N-methyl/N-ethyl adjacent to an activating group) is 1. The van der Waals surface area contributed by atoms with E-state index < -0.39 is 0 Å². The van der Waals surface area contributed by atoms with Crippen molar-refractivity contribution in [3.05, 3.63) is 59.1 Å². The van der Waals surface area contributed by atoms with Crippen LogP contribution in [-0.4, -0.2) is 44.1 Å². The first-order valence-electron chi connectivity index (χ1n) is 9.49. The highest BCUT2D eigenvalue weighted by Gasteiger charge is 2.11. The topological polar surface area (TPSA) is 32.8 Å². The van der Waals surface area contributed by atoms with Gasteiger partial charge in [0.15, 0.2) is 0 Å². The molecule has 0 aliphatic carbocycles. The van der Waals surface area contributed by atoms with Gasteiger partial charge in [-0.1, -0.05) is 37.6 Å². The molecule has 0 radical (unpaired) electrons. The first-order valence-corrected chi connectivity index (χ1v) is 9.87. The molecule has 4 nitrogen and oxygen atoms in total. The molecule has 0 aromatic heterocycles. The molecule has 0 bridgehead atoms. The van der Waals surface area contributed by atoms with Gasteiger partial charge in [-0.2, -0.15) is 0 Å². The van der Waals surface area contributed by atoms with Crippen molar-refractivity contribution in [3.8, 4) is 5.75 Å². The Labute approximate surface area is 167 Å². The van der Waals surface area contributed by atoms with Crippen LogP contribution in [0.4, 0.5) is 5.69 Å². The monoisotopic (exact) mass is 388 g/mol. The van der Waals surface area contributed by atoms with Crippen LogP contribution in [0.25, 0.3) is 0 Å². The fourth-order valence-electron chi connectivity index (χ4n) is 2.81. The summed E-state index contributed by atoms with van der Waals surface area (Å²) < 4.78 is 5.79. The van der Waals surface area contributed by atoms with Gasteiger partial charge in [0, 0.05) is 30.7 Å². The molecule has 0 fully saturated rings. The molecule has 0 saturated heterocycles. The Morgan fingerprint density at radius 1 is 1.00 bits per heavy atom. The molecular formula is C22H29ClN2O2. The summed E-state index contributed by atoms with van der Waals surface area (Å²) in [6, 6.07) is 15.3. The second-order valence-corrected chi connectivity index (χ2v) is 6.88. The van der Waals surface area contributed by atoms with E-state index in [0.717, 1.165) is 36.6 Å². The van der Waals surface area contributed by atoms with E-state index in [1.807, 2.05) is 48.5 Å². The lowest BCUT2D eigenvalue weighted by Crippen LogP contribution is -2.28. The molecular weight excluding hydrogens is 360 g/mol. The lowest BCUT2D eigenvalue weighted by Gasteiger charge is -2.19. The number of carbonyl (C=O) groups excluding carboxylic acids is 1. The summed E-state index contributed by atoms with van der Waals surface area (Å²) in [5.74, 6) is 0.910. The number of amides is 1. The van der Waals surface area contributed by atoms with E-state index >= 15 is 0 Å². The van der Waals surface area contributed by atoms with Crippen LogP contribution in [0.1, 0.15) is 25.8 Å². The van der Waals surface area contributed by atoms with Crippen molar-refractivity contribution < 1.29 is 9.53 Å². The summed E-state index contributed by atoms with van der Waals surface area (Å²) in [5.41, 5.74) is 1.98. The zero-order valence-electron chi connectivity index (χ0n) is 16.5. The lowest BCUT2D eigenvalue weighted by molar-refractivity contribution is -0.118. The van der Waals surface area contributed by atoms with Crippen molar-refractivity contribution in [2.75, 3.05) is 38.2 Å². The Morgan fingerprint density at radius 3 is 2.22 bits per heavy atom. The molecule has 0 heterocycles. The summed E-state index contributed by atoms with van der Waals surface area (Å²) in [5, 5.41) is 0.710. The SMILES string of the molecule is CCN(CC)CCOc1ccc(N(C)C(=O)CCc2ccc(Cl)cc2)cc1. The van der Waals surface area contributed by atoms with Crippen LogP contribution in [0, 0.1) is 0 Å². The standard InChI is InChI=1S/C22H29ClN2O2/c1-4-25(5-2)16-17-27-21-13-11-20(12-14-21)24(3)22(26)15-8-18-6-9-19(23)10-7-18/h6-7,9-14H,4-5,8,15-17H2,1-3H3. The quantitative estimate of drug-likeness (QED) is 0.593. The third-order valence-electron chi connectivity index (χ3n) is 4.71. The van der Waals surface area contributed by atoms with Crippen LogP contribution in [0.15, 0.2) is 48.5 Å². The average Bonchev–Trinajstić information content (AvgIpc) is 2.70. The van der Waals surface area contributed by atoms with Crippen molar-refractivity contribution in [2.45, 2.75) is 26.7 Å². The van der Waals surface area contributed by atoms with E-state index in [0.29, 0.717) is 24.5 Å². The Bertz CT molecular complexity index is 697. The van der Waals surface area contributed by atoms with Gasteiger partial charge in [-0.3, -0.25) is 4.79 Å². The number of nitrogens with zero attached hydrogens (tertiary/aromatic N) is 2. The van der Waals surface area contributed by atoms with Crippen LogP contribution in [0.5, 0.6) is 5.75 Å². The van der Waals surface area contributed by atoms with Crippen molar-refractivity contribution >= 4 is 23.2 Å². The Kier molecular flexibility index (Phi) is 8.62. The van der Waals surface area contributed by atoms with Gasteiger partial charge in [0.2, 0.25) is 5.91 Å². The van der Waals surface area contributed by atoms with E-state index in [9.17, 15) is 4.79 Å². The van der Waals surface area contributed by atoms with E-state index in [1.54, 1.807) is 11.9 Å². The van der Waals surface area contributed by atoms with Gasteiger partial charge in [0.25, 0.3) is 0 Å². The van der Waals surface area contributed by atoms with Crippen LogP contribution in [0.2, 0.25) is 5.02 Å². The summed E-state index contributed by atoms with van der Waals surface area (Å²) in [7, 11) is 1.81. The normalized spacial score (nSPS) is 10.9. The largest absolute Gasteiger partial charge is 0.492 e.